The van der Waals surface area contributed by atoms with E-state index in [0.717, 1.165) is 47.4 Å². The monoisotopic (exact) mass is 301 g/mol. The third kappa shape index (κ3) is 1.94. The maximum absolute atomic E-state index is 14.8. The van der Waals surface area contributed by atoms with Crippen molar-refractivity contribution in [1.82, 2.24) is 24.4 Å². The number of imidazole rings is 1. The van der Waals surface area contributed by atoms with Gasteiger partial charge in [0.25, 0.3) is 0 Å². The molecule has 0 amide bonds. The summed E-state index contributed by atoms with van der Waals surface area (Å²) in [5.41, 5.74) is 2.67. The molecule has 0 spiro atoms. The van der Waals surface area contributed by atoms with Gasteiger partial charge in [-0.3, -0.25) is 0 Å². The molecular formula is C16H20FN5. The van der Waals surface area contributed by atoms with Crippen LogP contribution in [0.2, 0.25) is 0 Å². The molecule has 3 aromatic heterocycles. The van der Waals surface area contributed by atoms with Crippen LogP contribution >= 0.6 is 0 Å². The van der Waals surface area contributed by atoms with Gasteiger partial charge in [-0.25, -0.2) is 14.4 Å². The average molecular weight is 301 g/mol. The number of rotatable bonds is 2. The highest BCUT2D eigenvalue weighted by Crippen LogP contribution is 2.33. The molecule has 2 atom stereocenters. The van der Waals surface area contributed by atoms with Crippen molar-refractivity contribution >= 4 is 22.1 Å². The number of aryl methyl sites for hydroxylation is 1. The van der Waals surface area contributed by atoms with Gasteiger partial charge in [0, 0.05) is 24.7 Å². The van der Waals surface area contributed by atoms with Crippen molar-refractivity contribution in [2.24, 2.45) is 0 Å². The van der Waals surface area contributed by atoms with Crippen molar-refractivity contribution in [2.75, 3.05) is 19.6 Å². The van der Waals surface area contributed by atoms with Crippen LogP contribution < -0.4 is 0 Å². The van der Waals surface area contributed by atoms with Crippen LogP contribution in [0, 0.1) is 6.92 Å². The highest BCUT2D eigenvalue weighted by atomic mass is 19.1. The van der Waals surface area contributed by atoms with Crippen LogP contribution in [0.15, 0.2) is 18.5 Å². The van der Waals surface area contributed by atoms with Crippen LogP contribution in [0.3, 0.4) is 0 Å². The van der Waals surface area contributed by atoms with Gasteiger partial charge >= 0.3 is 0 Å². The van der Waals surface area contributed by atoms with Gasteiger partial charge in [0.1, 0.15) is 23.2 Å². The Balaban J connectivity index is 1.87. The van der Waals surface area contributed by atoms with Crippen molar-refractivity contribution in [1.29, 1.82) is 0 Å². The predicted octanol–water partition coefficient (Wildman–Crippen LogP) is 2.83. The van der Waals surface area contributed by atoms with Crippen LogP contribution in [-0.2, 0) is 0 Å². The molecule has 1 saturated heterocycles. The number of aromatic nitrogens is 4. The topological polar surface area (TPSA) is 49.7 Å². The number of aromatic amines is 1. The lowest BCUT2D eigenvalue weighted by Gasteiger charge is -2.35. The summed E-state index contributed by atoms with van der Waals surface area (Å²) >= 11 is 0. The summed E-state index contributed by atoms with van der Waals surface area (Å²) in [6, 6.07) is 1.85. The molecule has 2 unspecified atom stereocenters. The number of piperidine rings is 1. The summed E-state index contributed by atoms with van der Waals surface area (Å²) in [5.74, 6) is 0.864. The highest BCUT2D eigenvalue weighted by Gasteiger charge is 2.32. The molecule has 1 N–H and O–H groups in total. The largest absolute Gasteiger partial charge is 0.346 e. The quantitative estimate of drug-likeness (QED) is 0.792. The van der Waals surface area contributed by atoms with Crippen LogP contribution in [0.5, 0.6) is 0 Å². The molecule has 4 rings (SSSR count). The summed E-state index contributed by atoms with van der Waals surface area (Å²) in [5, 5.41) is 1.02. The van der Waals surface area contributed by atoms with Crippen molar-refractivity contribution in [3.63, 3.8) is 0 Å². The number of alkyl halides is 1. The molecule has 1 aliphatic heterocycles. The van der Waals surface area contributed by atoms with Crippen LogP contribution in [0.1, 0.15) is 25.2 Å². The Hall–Kier alpha value is -1.95. The first kappa shape index (κ1) is 13.7. The normalized spacial score (nSPS) is 23.6. The molecule has 0 aliphatic carbocycles. The maximum atomic E-state index is 14.8. The predicted molar refractivity (Wildman–Crippen MR) is 84.8 cm³/mol. The molecule has 5 nitrogen and oxygen atoms in total. The number of hydrogen-bond acceptors (Lipinski definition) is 3. The molecule has 22 heavy (non-hydrogen) atoms. The van der Waals surface area contributed by atoms with E-state index in [4.69, 9.17) is 0 Å². The minimum atomic E-state index is -0.869. The van der Waals surface area contributed by atoms with Gasteiger partial charge in [-0.2, -0.15) is 0 Å². The molecule has 1 aliphatic rings. The van der Waals surface area contributed by atoms with Crippen molar-refractivity contribution in [3.8, 4) is 0 Å². The summed E-state index contributed by atoms with van der Waals surface area (Å²) in [6.45, 7) is 6.38. The highest BCUT2D eigenvalue weighted by molar-refractivity contribution is 6.01. The van der Waals surface area contributed by atoms with Crippen molar-refractivity contribution in [3.05, 3.63) is 24.3 Å². The van der Waals surface area contributed by atoms with Crippen molar-refractivity contribution in [2.45, 2.75) is 32.5 Å². The van der Waals surface area contributed by atoms with E-state index in [1.807, 2.05) is 19.2 Å². The lowest BCUT2D eigenvalue weighted by molar-refractivity contribution is 0.0943. The lowest BCUT2D eigenvalue weighted by Crippen LogP contribution is -2.42. The third-order valence-electron chi connectivity index (χ3n) is 4.78. The van der Waals surface area contributed by atoms with Gasteiger partial charge < -0.3 is 14.5 Å². The zero-order valence-corrected chi connectivity index (χ0v) is 12.9. The van der Waals surface area contributed by atoms with E-state index < -0.39 is 6.17 Å². The summed E-state index contributed by atoms with van der Waals surface area (Å²) in [6.07, 6.45) is 3.59. The number of fused-ring (bicyclic) bond motifs is 3. The second-order valence-corrected chi connectivity index (χ2v) is 6.03. The molecule has 1 fully saturated rings. The fourth-order valence-electron chi connectivity index (χ4n) is 3.65. The van der Waals surface area contributed by atoms with E-state index in [-0.39, 0.29) is 6.04 Å². The zero-order chi connectivity index (χ0) is 15.3. The Morgan fingerprint density at radius 3 is 3.09 bits per heavy atom. The fourth-order valence-corrected chi connectivity index (χ4v) is 3.65. The van der Waals surface area contributed by atoms with E-state index in [1.165, 1.54) is 0 Å². The number of nitrogens with zero attached hydrogens (tertiary/aromatic N) is 4. The Kier molecular flexibility index (Phi) is 3.14. The number of hydrogen-bond donors (Lipinski definition) is 1. The molecule has 3 aromatic rings. The summed E-state index contributed by atoms with van der Waals surface area (Å²) in [7, 11) is 0. The first-order valence-corrected chi connectivity index (χ1v) is 7.86. The lowest BCUT2D eigenvalue weighted by atomic mass is 10.0. The maximum Gasteiger partial charge on any atom is 0.139 e. The van der Waals surface area contributed by atoms with E-state index >= 15 is 0 Å². The Morgan fingerprint density at radius 1 is 1.45 bits per heavy atom. The third-order valence-corrected chi connectivity index (χ3v) is 4.78. The molecule has 4 heterocycles. The molecule has 6 heteroatoms. The minimum Gasteiger partial charge on any atom is -0.346 e. The number of likely N-dealkylation sites (tertiary alicyclic amines) is 1. The summed E-state index contributed by atoms with van der Waals surface area (Å²) < 4.78 is 16.9. The van der Waals surface area contributed by atoms with Gasteiger partial charge in [-0.15, -0.1) is 0 Å². The molecule has 116 valence electrons. The number of H-pyrrole nitrogens is 1. The molecule has 0 aromatic carbocycles. The standard InChI is InChI=1S/C16H20FN5/c1-3-21-7-5-14(12(17)9-21)22-10(2)20-13-8-19-16-11(15(13)22)4-6-18-16/h4,6,8,12,14H,3,5,7,9H2,1-2H3,(H,18,19). The number of halogens is 1. The van der Waals surface area contributed by atoms with Gasteiger partial charge in [0.2, 0.25) is 0 Å². The second kappa shape index (κ2) is 5.05. The molecule has 0 bridgehead atoms. The zero-order valence-electron chi connectivity index (χ0n) is 12.9. The number of pyridine rings is 1. The first-order chi connectivity index (χ1) is 10.7. The van der Waals surface area contributed by atoms with E-state index in [9.17, 15) is 4.39 Å². The fraction of sp³-hybridized carbons (Fsp3) is 0.500. The van der Waals surface area contributed by atoms with Crippen LogP contribution in [0.25, 0.3) is 22.1 Å². The second-order valence-electron chi connectivity index (χ2n) is 6.03. The SMILES string of the molecule is CCN1CCC(n2c(C)nc3cnc4[nH]ccc4c32)C(F)C1. The van der Waals surface area contributed by atoms with E-state index in [0.29, 0.717) is 6.54 Å². The smallest absolute Gasteiger partial charge is 0.139 e. The van der Waals surface area contributed by atoms with Gasteiger partial charge in [-0.1, -0.05) is 6.92 Å². The molecular weight excluding hydrogens is 281 g/mol. The Bertz CT molecular complexity index is 821. The average Bonchev–Trinajstić information content (AvgIpc) is 3.10. The Labute approximate surface area is 128 Å². The minimum absolute atomic E-state index is 0.145. The first-order valence-electron chi connectivity index (χ1n) is 7.86. The van der Waals surface area contributed by atoms with Crippen LogP contribution in [0.4, 0.5) is 4.39 Å². The molecule has 0 radical (unpaired) electrons. The summed E-state index contributed by atoms with van der Waals surface area (Å²) in [4.78, 5) is 14.3. The van der Waals surface area contributed by atoms with Gasteiger partial charge in [-0.05, 0) is 26.0 Å². The number of nitrogens with one attached hydrogen (secondary N) is 1. The van der Waals surface area contributed by atoms with E-state index in [1.54, 1.807) is 6.20 Å². The van der Waals surface area contributed by atoms with Crippen molar-refractivity contribution < 1.29 is 4.39 Å². The Morgan fingerprint density at radius 2 is 2.32 bits per heavy atom. The molecule has 0 saturated carbocycles. The van der Waals surface area contributed by atoms with Gasteiger partial charge in [0.15, 0.2) is 0 Å². The van der Waals surface area contributed by atoms with E-state index in [2.05, 4.69) is 31.3 Å². The van der Waals surface area contributed by atoms with Crippen LogP contribution in [-0.4, -0.2) is 50.2 Å². The van der Waals surface area contributed by atoms with Gasteiger partial charge in [0.05, 0.1) is 17.8 Å².